The smallest absolute Gasteiger partial charge is 0.363 e. The van der Waals surface area contributed by atoms with E-state index >= 15 is 0 Å². The van der Waals surface area contributed by atoms with E-state index in [9.17, 15) is 10.1 Å². The van der Waals surface area contributed by atoms with Crippen LogP contribution in [0.4, 0.5) is 11.6 Å². The Labute approximate surface area is 129 Å². The molecule has 0 spiro atoms. The molecule has 0 unspecified atom stereocenters. The fourth-order valence-corrected chi connectivity index (χ4v) is 2.88. The molecule has 3 rings (SSSR count). The van der Waals surface area contributed by atoms with Gasteiger partial charge in [-0.15, -0.1) is 0 Å². The van der Waals surface area contributed by atoms with Crippen molar-refractivity contribution in [3.8, 4) is 0 Å². The van der Waals surface area contributed by atoms with Gasteiger partial charge in [0.1, 0.15) is 6.20 Å². The summed E-state index contributed by atoms with van der Waals surface area (Å²) in [6.07, 6.45) is 2.38. The maximum Gasteiger partial charge on any atom is 0.372 e. The van der Waals surface area contributed by atoms with Crippen LogP contribution in [0, 0.1) is 10.1 Å². The number of nitrogens with zero attached hydrogens (tertiary/aromatic N) is 3. The first-order chi connectivity index (χ1) is 10.1. The molecular weight excluding hydrogens is 312 g/mol. The standard InChI is InChI=1S/C13H11ClN4O2S/c14-10-3-1-9(2-4-10)5-6-15-11-12(18(19)20)17-7-8-21-13(17)16-11/h1-4,7-8,15H,5-6H2. The molecule has 0 fully saturated rings. The number of hydrogen-bond acceptors (Lipinski definition) is 5. The lowest BCUT2D eigenvalue weighted by Crippen LogP contribution is -2.07. The van der Waals surface area contributed by atoms with Gasteiger partial charge in [-0.2, -0.15) is 9.38 Å². The van der Waals surface area contributed by atoms with Crippen molar-refractivity contribution in [2.45, 2.75) is 6.42 Å². The van der Waals surface area contributed by atoms with Crippen molar-refractivity contribution in [1.82, 2.24) is 9.38 Å². The number of nitrogens with one attached hydrogen (secondary N) is 1. The highest BCUT2D eigenvalue weighted by Crippen LogP contribution is 2.27. The number of imidazole rings is 1. The van der Waals surface area contributed by atoms with Crippen LogP contribution in [0.2, 0.25) is 5.02 Å². The first-order valence-corrected chi connectivity index (χ1v) is 7.49. The first-order valence-electron chi connectivity index (χ1n) is 6.23. The number of halogens is 1. The first kappa shape index (κ1) is 13.8. The summed E-state index contributed by atoms with van der Waals surface area (Å²) in [4.78, 5) is 15.6. The molecule has 2 aromatic heterocycles. The number of rotatable bonds is 5. The molecule has 0 amide bonds. The zero-order valence-corrected chi connectivity index (χ0v) is 12.4. The number of aromatic nitrogens is 2. The average molecular weight is 323 g/mol. The molecule has 0 aliphatic rings. The Morgan fingerprint density at radius 3 is 2.86 bits per heavy atom. The molecule has 0 aliphatic carbocycles. The summed E-state index contributed by atoms with van der Waals surface area (Å²) in [6.45, 7) is 0.563. The zero-order valence-electron chi connectivity index (χ0n) is 10.8. The quantitative estimate of drug-likeness (QED) is 0.575. The van der Waals surface area contributed by atoms with Crippen LogP contribution in [0.15, 0.2) is 35.8 Å². The Kier molecular flexibility index (Phi) is 3.76. The molecule has 0 atom stereocenters. The molecule has 0 saturated heterocycles. The SMILES string of the molecule is O=[N+]([O-])c1c(NCCc2ccc(Cl)cc2)nc2sccn12. The summed E-state index contributed by atoms with van der Waals surface area (Å²) in [7, 11) is 0. The predicted molar refractivity (Wildman–Crippen MR) is 83.4 cm³/mol. The molecule has 2 heterocycles. The molecule has 0 aliphatic heterocycles. The Bertz CT molecular complexity index is 781. The van der Waals surface area contributed by atoms with Crippen LogP contribution in [0.1, 0.15) is 5.56 Å². The van der Waals surface area contributed by atoms with Gasteiger partial charge in [-0.25, -0.2) is 0 Å². The van der Waals surface area contributed by atoms with Crippen LogP contribution < -0.4 is 5.32 Å². The van der Waals surface area contributed by atoms with E-state index in [2.05, 4.69) is 10.3 Å². The Morgan fingerprint density at radius 2 is 2.14 bits per heavy atom. The van der Waals surface area contributed by atoms with Crippen LogP contribution >= 0.6 is 22.9 Å². The second-order valence-corrected chi connectivity index (χ2v) is 5.71. The lowest BCUT2D eigenvalue weighted by Gasteiger charge is -2.04. The van der Waals surface area contributed by atoms with Gasteiger partial charge in [0.05, 0.1) is 0 Å². The van der Waals surface area contributed by atoms with Gasteiger partial charge in [0, 0.05) is 16.9 Å². The molecule has 108 valence electrons. The topological polar surface area (TPSA) is 72.5 Å². The van der Waals surface area contributed by atoms with E-state index in [4.69, 9.17) is 11.6 Å². The summed E-state index contributed by atoms with van der Waals surface area (Å²) in [5.41, 5.74) is 1.11. The van der Waals surface area contributed by atoms with Crippen molar-refractivity contribution in [1.29, 1.82) is 0 Å². The Morgan fingerprint density at radius 1 is 1.38 bits per heavy atom. The van der Waals surface area contributed by atoms with Gasteiger partial charge in [-0.3, -0.25) is 0 Å². The molecule has 21 heavy (non-hydrogen) atoms. The number of fused-ring (bicyclic) bond motifs is 1. The van der Waals surface area contributed by atoms with Gasteiger partial charge in [0.2, 0.25) is 5.82 Å². The average Bonchev–Trinajstić information content (AvgIpc) is 3.00. The third-order valence-corrected chi connectivity index (χ3v) is 4.04. The third-order valence-electron chi connectivity index (χ3n) is 3.03. The molecule has 0 saturated carbocycles. The van der Waals surface area contributed by atoms with Gasteiger partial charge < -0.3 is 15.4 Å². The fraction of sp³-hybridized carbons (Fsp3) is 0.154. The van der Waals surface area contributed by atoms with E-state index in [1.54, 1.807) is 11.6 Å². The normalized spacial score (nSPS) is 10.9. The maximum atomic E-state index is 11.2. The van der Waals surface area contributed by atoms with Gasteiger partial charge in [-0.1, -0.05) is 35.1 Å². The lowest BCUT2D eigenvalue weighted by molar-refractivity contribution is -0.389. The molecule has 0 radical (unpaired) electrons. The monoisotopic (exact) mass is 322 g/mol. The number of benzene rings is 1. The van der Waals surface area contributed by atoms with Gasteiger partial charge in [0.25, 0.3) is 4.96 Å². The number of thiazole rings is 1. The van der Waals surface area contributed by atoms with Gasteiger partial charge in [-0.05, 0) is 29.0 Å². The van der Waals surface area contributed by atoms with Crippen LogP contribution in [0.25, 0.3) is 4.96 Å². The molecule has 1 N–H and O–H groups in total. The summed E-state index contributed by atoms with van der Waals surface area (Å²) in [6, 6.07) is 7.52. The third kappa shape index (κ3) is 2.84. The van der Waals surface area contributed by atoms with E-state index in [1.807, 2.05) is 24.3 Å². The number of anilines is 1. The highest BCUT2D eigenvalue weighted by molar-refractivity contribution is 7.15. The van der Waals surface area contributed by atoms with E-state index in [0.29, 0.717) is 22.3 Å². The van der Waals surface area contributed by atoms with E-state index in [0.717, 1.165) is 12.0 Å². The van der Waals surface area contributed by atoms with E-state index < -0.39 is 4.92 Å². The molecule has 0 bridgehead atoms. The largest absolute Gasteiger partial charge is 0.372 e. The zero-order chi connectivity index (χ0) is 14.8. The lowest BCUT2D eigenvalue weighted by atomic mass is 10.1. The van der Waals surface area contributed by atoms with E-state index in [-0.39, 0.29) is 5.82 Å². The highest BCUT2D eigenvalue weighted by atomic mass is 35.5. The second-order valence-electron chi connectivity index (χ2n) is 4.40. The molecule has 3 aromatic rings. The molecular formula is C13H11ClN4O2S. The van der Waals surface area contributed by atoms with Crippen LogP contribution in [-0.2, 0) is 6.42 Å². The van der Waals surface area contributed by atoms with Crippen molar-refractivity contribution in [2.24, 2.45) is 0 Å². The van der Waals surface area contributed by atoms with Crippen molar-refractivity contribution < 1.29 is 4.92 Å². The van der Waals surface area contributed by atoms with Crippen LogP contribution in [0.3, 0.4) is 0 Å². The van der Waals surface area contributed by atoms with Gasteiger partial charge >= 0.3 is 5.82 Å². The highest BCUT2D eigenvalue weighted by Gasteiger charge is 2.22. The van der Waals surface area contributed by atoms with Crippen molar-refractivity contribution in [2.75, 3.05) is 11.9 Å². The predicted octanol–water partition coefficient (Wildman–Crippen LogP) is 3.61. The molecule has 8 heteroatoms. The van der Waals surface area contributed by atoms with Crippen molar-refractivity contribution in [3.63, 3.8) is 0 Å². The van der Waals surface area contributed by atoms with Crippen molar-refractivity contribution in [3.05, 3.63) is 56.5 Å². The minimum atomic E-state index is -0.419. The Balaban J connectivity index is 1.73. The Hall–Kier alpha value is -2.12. The fourth-order valence-electron chi connectivity index (χ4n) is 2.04. The summed E-state index contributed by atoms with van der Waals surface area (Å²) >= 11 is 7.19. The summed E-state index contributed by atoms with van der Waals surface area (Å²) in [5, 5.41) is 16.7. The summed E-state index contributed by atoms with van der Waals surface area (Å²) < 4.78 is 1.48. The number of nitro groups is 1. The minimum absolute atomic E-state index is 0.0256. The van der Waals surface area contributed by atoms with Crippen molar-refractivity contribution >= 4 is 39.5 Å². The number of hydrogen-bond donors (Lipinski definition) is 1. The van der Waals surface area contributed by atoms with Crippen LogP contribution in [0.5, 0.6) is 0 Å². The maximum absolute atomic E-state index is 11.2. The van der Waals surface area contributed by atoms with E-state index in [1.165, 1.54) is 15.7 Å². The molecule has 6 nitrogen and oxygen atoms in total. The molecule has 1 aromatic carbocycles. The summed E-state index contributed by atoms with van der Waals surface area (Å²) in [5.74, 6) is 0.281. The second kappa shape index (κ2) is 5.71. The van der Waals surface area contributed by atoms with Gasteiger partial charge in [0.15, 0.2) is 0 Å². The van der Waals surface area contributed by atoms with Crippen LogP contribution in [-0.4, -0.2) is 20.9 Å². The minimum Gasteiger partial charge on any atom is -0.363 e.